The number of aromatic nitrogens is 1. The Morgan fingerprint density at radius 3 is 2.30 bits per heavy atom. The van der Waals surface area contributed by atoms with Crippen LogP contribution in [0, 0.1) is 5.92 Å². The predicted molar refractivity (Wildman–Crippen MR) is 362 cm³/mol. The molecule has 4 aliphatic rings. The number of hydrogen-bond acceptors (Lipinski definition) is 15. The number of methoxy groups -OCH3 is 1. The van der Waals surface area contributed by atoms with Gasteiger partial charge in [0.1, 0.15) is 41.2 Å². The number of aryl methyl sites for hydroxylation is 1. The number of anilines is 1. The lowest BCUT2D eigenvalue weighted by molar-refractivity contribution is -0.162. The third kappa shape index (κ3) is 17.4. The quantitative estimate of drug-likeness (QED) is 0.0113. The van der Waals surface area contributed by atoms with Crippen LogP contribution in [0.25, 0.3) is 22.0 Å². The Morgan fingerprint density at radius 1 is 0.883 bits per heavy atom. The van der Waals surface area contributed by atoms with Crippen LogP contribution in [0.4, 0.5) is 15.3 Å². The SMILES string of the molecule is COc1cc2cc(c1Cl)N(C)C(=O)C[C@H](OC(=O)[C@H](C)N(C)C(=O)CCOCCOCCNC(=S)NCCNC(=O)CCn1c(CN(C)N(C)C(=O)OCC3c4ccccc4-c4ccccc43)cc3ccccc31)[C@]1(C)OC1[C@H](C)[C@@H]1C[C@H](C/C=C/C=C(\C)C2)NC(=O)O1. The van der Waals surface area contributed by atoms with Gasteiger partial charge in [-0.2, -0.15) is 0 Å². The van der Waals surface area contributed by atoms with Crippen molar-refractivity contribution in [1.82, 2.24) is 40.8 Å². The summed E-state index contributed by atoms with van der Waals surface area (Å²) in [5.74, 6) is -1.63. The predicted octanol–water partition coefficient (Wildman–Crippen LogP) is 8.85. The minimum absolute atomic E-state index is 0.0241. The second-order valence-corrected chi connectivity index (χ2v) is 25.4. The zero-order valence-corrected chi connectivity index (χ0v) is 56.6. The van der Waals surface area contributed by atoms with Gasteiger partial charge in [-0.15, -0.1) is 0 Å². The van der Waals surface area contributed by atoms with Gasteiger partial charge in [0.2, 0.25) is 17.7 Å². The number of fused-ring (bicyclic) bond motifs is 9. The summed E-state index contributed by atoms with van der Waals surface area (Å²) in [5, 5.41) is 17.0. The Hall–Kier alpha value is -8.06. The molecule has 1 aromatic heterocycles. The number of halogens is 1. The standard InChI is InChI=1S/C70H88ClN9O13S/c1-44-18-10-12-20-49-40-58(91-68(85)75-49)45(2)65-70(4,93-65)60(41-63(83)78(7)57-37-47(36-44)38-59(87-9)64(57)71)92-66(84)46(3)77(6)62(82)27-32-88-34-35-89-33-30-74-67(94)73-29-28-72-61(81)26-31-80-50(39-48-19-11-17-25-56(48)80)42-76(5)79(8)69(86)90-43-55-53-23-15-13-21-51(53)52-22-14-16-24-54(52)55/h10-19,21-25,37-39,45-46,49,55,58,60,65H,20,26-36,40-43H2,1-9H3,(H,72,81)(H,75,85)(H2,73,74,94)/b12-10+,44-18+/t45-,46+,49+,58+,60+,65?,70+/m1/s1. The molecule has 0 radical (unpaired) electrons. The molecule has 9 rings (SSSR count). The number of amides is 5. The molecule has 4 N–H and O–H groups in total. The van der Waals surface area contributed by atoms with Crippen LogP contribution < -0.4 is 30.9 Å². The number of nitrogens with one attached hydrogen (secondary N) is 4. The van der Waals surface area contributed by atoms with E-state index in [4.69, 9.17) is 57.0 Å². The Bertz CT molecular complexity index is 3570. The van der Waals surface area contributed by atoms with E-state index in [9.17, 15) is 28.8 Å². The molecule has 24 heteroatoms. The van der Waals surface area contributed by atoms with Crippen molar-refractivity contribution in [1.29, 1.82) is 0 Å². The van der Waals surface area contributed by atoms with Gasteiger partial charge in [-0.05, 0) is 103 Å². The monoisotopic (exact) mass is 1330 g/mol. The Labute approximate surface area is 560 Å². The fourth-order valence-electron chi connectivity index (χ4n) is 12.4. The second-order valence-electron chi connectivity index (χ2n) is 24.6. The first kappa shape index (κ1) is 70.3. The van der Waals surface area contributed by atoms with E-state index < -0.39 is 54.0 Å². The average molecular weight is 1330 g/mol. The van der Waals surface area contributed by atoms with Crippen molar-refractivity contribution in [3.8, 4) is 16.9 Å². The zero-order valence-electron chi connectivity index (χ0n) is 55.1. The minimum atomic E-state index is -1.15. The molecule has 5 amide bonds. The molecule has 3 aliphatic heterocycles. The molecule has 2 saturated heterocycles. The van der Waals surface area contributed by atoms with Crippen LogP contribution in [0.1, 0.15) is 88.1 Å². The lowest BCUT2D eigenvalue weighted by Crippen LogP contribution is -2.49. The third-order valence-corrected chi connectivity index (χ3v) is 18.8. The first-order valence-electron chi connectivity index (χ1n) is 32.0. The highest BCUT2D eigenvalue weighted by molar-refractivity contribution is 7.80. The van der Waals surface area contributed by atoms with Crippen LogP contribution in [-0.2, 0) is 67.1 Å². The number of likely N-dealkylation sites (N-methyl/N-ethyl adjacent to an activating group) is 1. The van der Waals surface area contributed by atoms with Gasteiger partial charge in [-0.1, -0.05) is 109 Å². The van der Waals surface area contributed by atoms with E-state index in [0.29, 0.717) is 75.1 Å². The molecule has 4 bridgehead atoms. The maximum atomic E-state index is 14.3. The van der Waals surface area contributed by atoms with Crippen LogP contribution >= 0.6 is 23.8 Å². The number of rotatable bonds is 24. The molecule has 1 aliphatic carbocycles. The number of epoxide rings is 1. The van der Waals surface area contributed by atoms with Gasteiger partial charge < -0.3 is 68.8 Å². The van der Waals surface area contributed by atoms with Gasteiger partial charge in [0.05, 0.1) is 64.7 Å². The van der Waals surface area contributed by atoms with Crippen molar-refractivity contribution >= 4 is 81.4 Å². The van der Waals surface area contributed by atoms with Gasteiger partial charge in [-0.3, -0.25) is 14.4 Å². The highest BCUT2D eigenvalue weighted by Crippen LogP contribution is 2.49. The number of para-hydroxylation sites is 1. The van der Waals surface area contributed by atoms with Crippen molar-refractivity contribution < 1.29 is 61.9 Å². The van der Waals surface area contributed by atoms with Crippen LogP contribution in [-0.4, -0.2) is 184 Å². The van der Waals surface area contributed by atoms with E-state index in [1.807, 2.05) is 105 Å². The summed E-state index contributed by atoms with van der Waals surface area (Å²) < 4.78 is 43.4. The summed E-state index contributed by atoms with van der Waals surface area (Å²) in [5.41, 5.74) is 7.71. The zero-order chi connectivity index (χ0) is 67.2. The van der Waals surface area contributed by atoms with Crippen LogP contribution in [0.2, 0.25) is 5.02 Å². The number of esters is 1. The van der Waals surface area contributed by atoms with Crippen LogP contribution in [0.15, 0.2) is 115 Å². The molecule has 0 saturated carbocycles. The average Bonchev–Trinajstić information content (AvgIpc) is 1.58. The molecule has 0 spiro atoms. The smallest absolute Gasteiger partial charge is 0.424 e. The molecule has 2 fully saturated rings. The number of nitrogens with zero attached hydrogens (tertiary/aromatic N) is 5. The number of benzene rings is 4. The van der Waals surface area contributed by atoms with Gasteiger partial charge in [0, 0.05) is 96.3 Å². The summed E-state index contributed by atoms with van der Waals surface area (Å²) in [6.07, 6.45) is 4.35. The maximum Gasteiger partial charge on any atom is 0.424 e. The van der Waals surface area contributed by atoms with Crippen molar-refractivity contribution in [2.75, 3.05) is 92.9 Å². The largest absolute Gasteiger partial charge is 0.495 e. The lowest BCUT2D eigenvalue weighted by atomic mass is 9.85. The number of hydrogen-bond donors (Lipinski definition) is 4. The van der Waals surface area contributed by atoms with Crippen LogP contribution in [0.3, 0.4) is 0 Å². The van der Waals surface area contributed by atoms with E-state index >= 15 is 0 Å². The fraction of sp³-hybridized carbons (Fsp3) is 0.471. The molecular formula is C70H88ClN9O13S. The van der Waals surface area contributed by atoms with Gasteiger partial charge in [-0.25, -0.2) is 24.4 Å². The lowest BCUT2D eigenvalue weighted by Gasteiger charge is -2.33. The van der Waals surface area contributed by atoms with Crippen molar-refractivity contribution in [2.45, 2.75) is 121 Å². The summed E-state index contributed by atoms with van der Waals surface area (Å²) in [7, 11) is 8.14. The summed E-state index contributed by atoms with van der Waals surface area (Å²) in [6, 6.07) is 29.0. The maximum absolute atomic E-state index is 14.3. The number of ether oxygens (including phenoxy) is 7. The first-order chi connectivity index (χ1) is 45.1. The van der Waals surface area contributed by atoms with E-state index in [1.165, 1.54) is 40.1 Å². The summed E-state index contributed by atoms with van der Waals surface area (Å²) in [4.78, 5) is 83.9. The molecule has 22 nitrogen and oxygen atoms in total. The Morgan fingerprint density at radius 2 is 1.56 bits per heavy atom. The highest BCUT2D eigenvalue weighted by Gasteiger charge is 2.64. The van der Waals surface area contributed by atoms with Gasteiger partial charge in [0.25, 0.3) is 0 Å². The number of thiocarbonyl (C=S) groups is 1. The van der Waals surface area contributed by atoms with Crippen molar-refractivity contribution in [3.05, 3.63) is 142 Å². The van der Waals surface area contributed by atoms with Crippen molar-refractivity contribution in [3.63, 3.8) is 0 Å². The van der Waals surface area contributed by atoms with Gasteiger partial charge >= 0.3 is 18.2 Å². The highest BCUT2D eigenvalue weighted by atomic mass is 35.5. The Kier molecular flexibility index (Phi) is 24.2. The van der Waals surface area contributed by atoms with E-state index in [0.717, 1.165) is 38.9 Å². The molecule has 5 aromatic rings. The fourth-order valence-corrected chi connectivity index (χ4v) is 12.9. The number of hydrazine groups is 1. The molecule has 1 unspecified atom stereocenters. The molecule has 4 heterocycles. The normalized spacial score (nSPS) is 21.5. The Balaban J connectivity index is 0.658. The number of carbonyl (C=O) groups is 6. The van der Waals surface area contributed by atoms with Crippen molar-refractivity contribution in [2.24, 2.45) is 5.92 Å². The topological polar surface area (TPSA) is 236 Å². The number of carbonyl (C=O) groups excluding carboxylic acids is 6. The number of alkyl carbamates (subject to hydrolysis) is 1. The third-order valence-electron chi connectivity index (χ3n) is 18.1. The number of allylic oxidation sites excluding steroid dienone is 3. The minimum Gasteiger partial charge on any atom is -0.495 e. The molecule has 504 valence electrons. The van der Waals surface area contributed by atoms with E-state index in [-0.39, 0.29) is 80.4 Å². The first-order valence-corrected chi connectivity index (χ1v) is 32.8. The molecule has 94 heavy (non-hydrogen) atoms. The second kappa shape index (κ2) is 32.4. The summed E-state index contributed by atoms with van der Waals surface area (Å²) in [6.45, 7) is 10.3. The molecule has 7 atom stereocenters. The van der Waals surface area contributed by atoms with E-state index in [1.54, 1.807) is 27.9 Å². The molecule has 4 aromatic carbocycles. The summed E-state index contributed by atoms with van der Waals surface area (Å²) >= 11 is 12.3. The van der Waals surface area contributed by atoms with Gasteiger partial charge in [0.15, 0.2) is 5.11 Å². The van der Waals surface area contributed by atoms with Crippen LogP contribution in [0.5, 0.6) is 5.75 Å². The molecular weight excluding hydrogens is 1240 g/mol. The van der Waals surface area contributed by atoms with E-state index in [2.05, 4.69) is 56.2 Å².